The molecule has 1 aliphatic heterocycles. The third kappa shape index (κ3) is 5.44. The Balaban J connectivity index is 1.21. The third-order valence-corrected chi connectivity index (χ3v) is 10.2. The first-order chi connectivity index (χ1) is 23.1. The first-order valence-electron chi connectivity index (χ1n) is 15.1. The van der Waals surface area contributed by atoms with E-state index in [4.69, 9.17) is 11.6 Å². The predicted octanol–water partition coefficient (Wildman–Crippen LogP) is 5.57. The predicted molar refractivity (Wildman–Crippen MR) is 179 cm³/mol. The minimum atomic E-state index is -2.67. The monoisotopic (exact) mass is 685 g/mol. The van der Waals surface area contributed by atoms with Crippen molar-refractivity contribution < 1.29 is 18.7 Å². The van der Waals surface area contributed by atoms with Crippen molar-refractivity contribution in [1.82, 2.24) is 24.4 Å². The molecule has 10 nitrogen and oxygen atoms in total. The zero-order valence-electron chi connectivity index (χ0n) is 25.5. The molecule has 1 unspecified atom stereocenters. The van der Waals surface area contributed by atoms with Crippen molar-refractivity contribution in [3.63, 3.8) is 0 Å². The molecule has 0 spiro atoms. The van der Waals surface area contributed by atoms with E-state index in [0.717, 1.165) is 5.56 Å². The molecule has 1 atom stereocenters. The van der Waals surface area contributed by atoms with Crippen LogP contribution >= 0.6 is 22.9 Å². The van der Waals surface area contributed by atoms with Crippen LogP contribution in [-0.2, 0) is 6.54 Å². The number of hydrogen-bond donors (Lipinski definition) is 1. The zero-order valence-corrected chi connectivity index (χ0v) is 27.1. The number of anilines is 1. The summed E-state index contributed by atoms with van der Waals surface area (Å²) in [6.45, 7) is 3.25. The number of carboxylic acid groups (broad SMARTS) is 1. The number of alkyl halides is 2. The Hall–Kier alpha value is -4.95. The van der Waals surface area contributed by atoms with E-state index >= 15 is 0 Å². The van der Waals surface area contributed by atoms with Gasteiger partial charge in [0.25, 0.3) is 11.5 Å². The maximum atomic E-state index is 14.0. The SMILES string of the molecule is Cc1nc2cnc(N3CCN(C4CCC4(F)F)CC3)c(C#N)c2c(=O)n1CC#Cc1ccc(Cl)cc1-c1ccnc2c(C(=O)O)csc12. The Morgan fingerprint density at radius 1 is 1.19 bits per heavy atom. The number of aromatic carboxylic acids is 1. The van der Waals surface area contributed by atoms with Crippen LogP contribution in [0, 0.1) is 30.1 Å². The Morgan fingerprint density at radius 3 is 2.67 bits per heavy atom. The fraction of sp³-hybridized carbons (Fsp3) is 0.294. The van der Waals surface area contributed by atoms with Gasteiger partial charge in [0, 0.05) is 65.9 Å². The number of nitrogens with zero attached hydrogens (tertiary/aromatic N) is 7. The lowest BCUT2D eigenvalue weighted by atomic mass is 9.86. The Morgan fingerprint density at radius 2 is 1.98 bits per heavy atom. The highest BCUT2D eigenvalue weighted by molar-refractivity contribution is 7.18. The lowest BCUT2D eigenvalue weighted by molar-refractivity contribution is -0.150. The Kier molecular flexibility index (Phi) is 8.08. The molecule has 2 fully saturated rings. The summed E-state index contributed by atoms with van der Waals surface area (Å²) < 4.78 is 30.1. The van der Waals surface area contributed by atoms with Gasteiger partial charge in [-0.05, 0) is 37.6 Å². The summed E-state index contributed by atoms with van der Waals surface area (Å²) in [5.41, 5.74) is 2.45. The lowest BCUT2D eigenvalue weighted by Gasteiger charge is -2.47. The third-order valence-electron chi connectivity index (χ3n) is 8.99. The number of carbonyl (C=O) groups is 1. The van der Waals surface area contributed by atoms with E-state index in [9.17, 15) is 28.7 Å². The number of carboxylic acids is 1. The van der Waals surface area contributed by atoms with Gasteiger partial charge < -0.3 is 10.0 Å². The molecule has 2 aliphatic rings. The molecule has 1 aromatic carbocycles. The second-order valence-electron chi connectivity index (χ2n) is 11.7. The molecule has 1 aliphatic carbocycles. The molecular weight excluding hydrogens is 660 g/mol. The normalized spacial score (nSPS) is 17.5. The molecule has 5 heterocycles. The maximum absolute atomic E-state index is 14.0. The largest absolute Gasteiger partial charge is 0.478 e. The molecule has 4 aromatic heterocycles. The van der Waals surface area contributed by atoms with Gasteiger partial charge in [0.1, 0.15) is 23.3 Å². The Labute approximate surface area is 281 Å². The number of pyridine rings is 2. The summed E-state index contributed by atoms with van der Waals surface area (Å²) in [6, 6.07) is 8.38. The number of benzene rings is 1. The number of nitriles is 1. The first-order valence-corrected chi connectivity index (χ1v) is 16.4. The zero-order chi connectivity index (χ0) is 33.7. The number of fused-ring (bicyclic) bond motifs is 2. The Bertz CT molecular complexity index is 2300. The molecule has 48 heavy (non-hydrogen) atoms. The van der Waals surface area contributed by atoms with Gasteiger partial charge in [0.05, 0.1) is 45.5 Å². The summed E-state index contributed by atoms with van der Waals surface area (Å²) >= 11 is 7.63. The van der Waals surface area contributed by atoms with Gasteiger partial charge in [0.2, 0.25) is 0 Å². The van der Waals surface area contributed by atoms with E-state index in [0.29, 0.717) is 70.6 Å². The number of aromatic nitrogens is 4. The first kappa shape index (κ1) is 31.6. The molecule has 1 N–H and O–H groups in total. The van der Waals surface area contributed by atoms with E-state index < -0.39 is 23.5 Å². The van der Waals surface area contributed by atoms with Gasteiger partial charge >= 0.3 is 5.97 Å². The minimum absolute atomic E-state index is 0.0274. The van der Waals surface area contributed by atoms with E-state index in [1.165, 1.54) is 22.1 Å². The van der Waals surface area contributed by atoms with Crippen LogP contribution in [0.1, 0.15) is 40.2 Å². The highest BCUT2D eigenvalue weighted by atomic mass is 35.5. The van der Waals surface area contributed by atoms with Crippen molar-refractivity contribution in [2.45, 2.75) is 38.3 Å². The highest BCUT2D eigenvalue weighted by Crippen LogP contribution is 2.41. The fourth-order valence-corrected chi connectivity index (χ4v) is 7.59. The number of aryl methyl sites for hydroxylation is 1. The van der Waals surface area contributed by atoms with Gasteiger partial charge in [-0.2, -0.15) is 5.26 Å². The van der Waals surface area contributed by atoms with E-state index in [1.807, 2.05) is 4.90 Å². The number of piperazine rings is 1. The van der Waals surface area contributed by atoms with Crippen molar-refractivity contribution >= 4 is 55.8 Å². The lowest BCUT2D eigenvalue weighted by Crippen LogP contribution is -2.60. The van der Waals surface area contributed by atoms with E-state index in [2.05, 4.69) is 32.9 Å². The van der Waals surface area contributed by atoms with Crippen LogP contribution in [0.4, 0.5) is 14.6 Å². The molecule has 0 radical (unpaired) electrons. The van der Waals surface area contributed by atoms with Gasteiger partial charge in [-0.25, -0.2) is 23.5 Å². The van der Waals surface area contributed by atoms with Gasteiger partial charge in [-0.15, -0.1) is 11.3 Å². The summed E-state index contributed by atoms with van der Waals surface area (Å²) in [5.74, 6) is 3.18. The molecule has 1 saturated heterocycles. The molecule has 242 valence electrons. The summed E-state index contributed by atoms with van der Waals surface area (Å²) in [5, 5.41) is 21.9. The highest BCUT2D eigenvalue weighted by Gasteiger charge is 2.51. The molecule has 0 amide bonds. The van der Waals surface area contributed by atoms with Crippen LogP contribution in [0.3, 0.4) is 0 Å². The number of rotatable bonds is 5. The van der Waals surface area contributed by atoms with Crippen LogP contribution in [0.15, 0.2) is 46.8 Å². The van der Waals surface area contributed by atoms with Crippen molar-refractivity contribution in [1.29, 1.82) is 5.26 Å². The smallest absolute Gasteiger partial charge is 0.338 e. The van der Waals surface area contributed by atoms with Crippen molar-refractivity contribution in [2.75, 3.05) is 31.1 Å². The van der Waals surface area contributed by atoms with Crippen LogP contribution in [-0.4, -0.2) is 73.6 Å². The van der Waals surface area contributed by atoms with Crippen molar-refractivity contribution in [2.24, 2.45) is 0 Å². The van der Waals surface area contributed by atoms with E-state index in [-0.39, 0.29) is 35.0 Å². The van der Waals surface area contributed by atoms with Gasteiger partial charge in [-0.1, -0.05) is 23.4 Å². The molecule has 5 aromatic rings. The molecule has 14 heteroatoms. The summed E-state index contributed by atoms with van der Waals surface area (Å²) in [6.07, 6.45) is 3.39. The van der Waals surface area contributed by atoms with Crippen molar-refractivity contribution in [3.8, 4) is 29.0 Å². The molecular formula is C34H26ClF2N7O3S. The van der Waals surface area contributed by atoms with Gasteiger partial charge in [0.15, 0.2) is 0 Å². The summed E-state index contributed by atoms with van der Waals surface area (Å²) in [4.78, 5) is 42.6. The topological polar surface area (TPSA) is 128 Å². The maximum Gasteiger partial charge on any atom is 0.338 e. The number of halogens is 3. The molecule has 0 bridgehead atoms. The van der Waals surface area contributed by atoms with E-state index in [1.54, 1.807) is 47.7 Å². The number of hydrogen-bond acceptors (Lipinski definition) is 9. The fourth-order valence-electron chi connectivity index (χ4n) is 6.39. The van der Waals surface area contributed by atoms with Crippen LogP contribution < -0.4 is 10.5 Å². The second kappa shape index (κ2) is 12.3. The minimum Gasteiger partial charge on any atom is -0.478 e. The summed E-state index contributed by atoms with van der Waals surface area (Å²) in [7, 11) is 0. The average molecular weight is 686 g/mol. The average Bonchev–Trinajstić information content (AvgIpc) is 3.51. The standard InChI is InChI=1S/C34H26ClF2N7O3S/c1-19-41-26-17-40-31(43-13-11-42(12-14-43)27-6-8-34(27,36)37)24(16-38)28(26)32(45)44(19)10-2-3-20-4-5-21(35)15-23(20)22-7-9-39-29-25(33(46)47)18-48-30(22)29/h4-5,7,9,15,17-18,27H,6,8,10-14H2,1H3,(H,46,47). The van der Waals surface area contributed by atoms with Crippen molar-refractivity contribution in [3.05, 3.63) is 79.9 Å². The quantitative estimate of drug-likeness (QED) is 0.236. The number of thiophene rings is 1. The van der Waals surface area contributed by atoms with Gasteiger partial charge in [-0.3, -0.25) is 19.2 Å². The second-order valence-corrected chi connectivity index (χ2v) is 13.0. The van der Waals surface area contributed by atoms with Crippen LogP contribution in [0.2, 0.25) is 5.02 Å². The van der Waals surface area contributed by atoms with Crippen LogP contribution in [0.5, 0.6) is 0 Å². The molecule has 1 saturated carbocycles. The molecule has 7 rings (SSSR count). The van der Waals surface area contributed by atoms with Crippen LogP contribution in [0.25, 0.3) is 32.2 Å².